The van der Waals surface area contributed by atoms with Gasteiger partial charge in [-0.05, 0) is 38.1 Å². The zero-order valence-electron chi connectivity index (χ0n) is 9.68. The van der Waals surface area contributed by atoms with Gasteiger partial charge in [0.15, 0.2) is 0 Å². The van der Waals surface area contributed by atoms with Crippen LogP contribution in [0.2, 0.25) is 0 Å². The molecule has 0 aliphatic rings. The molecule has 0 heterocycles. The summed E-state index contributed by atoms with van der Waals surface area (Å²) >= 11 is 0. The average molecular weight is 205 g/mol. The van der Waals surface area contributed by atoms with Crippen molar-refractivity contribution in [2.24, 2.45) is 11.7 Å². The van der Waals surface area contributed by atoms with Crippen LogP contribution in [-0.2, 0) is 4.74 Å². The zero-order valence-corrected chi connectivity index (χ0v) is 9.68. The van der Waals surface area contributed by atoms with Crippen LogP contribution in [-0.4, -0.2) is 25.9 Å². The Balaban J connectivity index is 3.95. The van der Waals surface area contributed by atoms with Crippen molar-refractivity contribution in [2.45, 2.75) is 45.2 Å². The van der Waals surface area contributed by atoms with Crippen molar-refractivity contribution >= 4 is 0 Å². The summed E-state index contributed by atoms with van der Waals surface area (Å²) in [6.45, 7) is 4.96. The lowest BCUT2D eigenvalue weighted by Crippen LogP contribution is -2.30. The predicted molar refractivity (Wildman–Crippen MR) is 58.1 cm³/mol. The van der Waals surface area contributed by atoms with Gasteiger partial charge in [-0.25, -0.2) is 4.39 Å². The van der Waals surface area contributed by atoms with E-state index < -0.39 is 5.67 Å². The normalized spacial score (nSPS) is 15.9. The molecule has 0 amide bonds. The van der Waals surface area contributed by atoms with Crippen molar-refractivity contribution in [1.82, 2.24) is 0 Å². The lowest BCUT2D eigenvalue weighted by molar-refractivity contribution is 0.0229. The molecule has 0 bridgehead atoms. The maximum Gasteiger partial charge on any atom is 0.134 e. The van der Waals surface area contributed by atoms with Gasteiger partial charge in [-0.2, -0.15) is 0 Å². The van der Waals surface area contributed by atoms with Crippen molar-refractivity contribution in [3.05, 3.63) is 0 Å². The second kappa shape index (κ2) is 7.18. The summed E-state index contributed by atoms with van der Waals surface area (Å²) in [5.74, 6) is 0.542. The second-order valence-electron chi connectivity index (χ2n) is 4.41. The molecule has 0 aromatic carbocycles. The largest absolute Gasteiger partial charge is 0.381 e. The number of rotatable bonds is 8. The lowest BCUT2D eigenvalue weighted by atomic mass is 9.91. The Hall–Kier alpha value is -0.150. The fraction of sp³-hybridized carbons (Fsp3) is 1.00. The van der Waals surface area contributed by atoms with Crippen LogP contribution in [0.15, 0.2) is 0 Å². The Morgan fingerprint density at radius 3 is 2.43 bits per heavy atom. The van der Waals surface area contributed by atoms with Crippen molar-refractivity contribution < 1.29 is 9.13 Å². The number of ether oxygens (including phenoxy) is 1. The molecule has 0 rings (SSSR count). The van der Waals surface area contributed by atoms with Crippen LogP contribution in [0.4, 0.5) is 4.39 Å². The smallest absolute Gasteiger partial charge is 0.134 e. The van der Waals surface area contributed by atoms with E-state index in [0.29, 0.717) is 25.3 Å². The Bertz CT molecular complexity index is 141. The van der Waals surface area contributed by atoms with Gasteiger partial charge < -0.3 is 10.5 Å². The lowest BCUT2D eigenvalue weighted by Gasteiger charge is -2.25. The van der Waals surface area contributed by atoms with Crippen LogP contribution in [0.5, 0.6) is 0 Å². The van der Waals surface area contributed by atoms with Crippen molar-refractivity contribution in [2.75, 3.05) is 20.3 Å². The van der Waals surface area contributed by atoms with Crippen molar-refractivity contribution in [3.8, 4) is 0 Å². The topological polar surface area (TPSA) is 35.2 Å². The van der Waals surface area contributed by atoms with Crippen LogP contribution in [0.3, 0.4) is 0 Å². The van der Waals surface area contributed by atoms with Crippen LogP contribution in [0.1, 0.15) is 39.5 Å². The first-order valence-electron chi connectivity index (χ1n) is 5.42. The van der Waals surface area contributed by atoms with Gasteiger partial charge >= 0.3 is 0 Å². The van der Waals surface area contributed by atoms with E-state index in [1.807, 2.05) is 0 Å². The molecule has 2 N–H and O–H groups in total. The van der Waals surface area contributed by atoms with Crippen LogP contribution in [0, 0.1) is 5.92 Å². The fourth-order valence-corrected chi connectivity index (χ4v) is 1.49. The van der Waals surface area contributed by atoms with E-state index in [1.165, 1.54) is 0 Å². The molecule has 3 heteroatoms. The minimum atomic E-state index is -1.17. The molecular formula is C11H24FNO. The van der Waals surface area contributed by atoms with Gasteiger partial charge in [0, 0.05) is 7.11 Å². The first-order valence-corrected chi connectivity index (χ1v) is 5.42. The fourth-order valence-electron chi connectivity index (χ4n) is 1.49. The zero-order chi connectivity index (χ0) is 11.0. The van der Waals surface area contributed by atoms with E-state index in [0.717, 1.165) is 12.8 Å². The minimum Gasteiger partial charge on any atom is -0.381 e. The highest BCUT2D eigenvalue weighted by molar-refractivity contribution is 4.79. The van der Waals surface area contributed by atoms with Gasteiger partial charge in [0.05, 0.1) is 6.61 Å². The molecule has 0 radical (unpaired) electrons. The molecule has 1 unspecified atom stereocenters. The average Bonchev–Trinajstić information content (AvgIpc) is 2.13. The second-order valence-corrected chi connectivity index (χ2v) is 4.41. The Morgan fingerprint density at radius 1 is 1.36 bits per heavy atom. The Labute approximate surface area is 87.0 Å². The number of halogens is 1. The molecule has 0 aromatic heterocycles. The standard InChI is InChI=1S/C11H24FNO/c1-10(2)5-7-11(12,9-14-3)6-4-8-13/h10H,4-9,13H2,1-3H3. The van der Waals surface area contributed by atoms with Gasteiger partial charge in [0.1, 0.15) is 5.67 Å². The summed E-state index contributed by atoms with van der Waals surface area (Å²) < 4.78 is 19.1. The van der Waals surface area contributed by atoms with Gasteiger partial charge in [0.2, 0.25) is 0 Å². The molecule has 0 aliphatic carbocycles. The number of hydrogen-bond acceptors (Lipinski definition) is 2. The first-order chi connectivity index (χ1) is 6.54. The van der Waals surface area contributed by atoms with E-state index in [-0.39, 0.29) is 6.61 Å². The summed E-state index contributed by atoms with van der Waals surface area (Å²) in [6.07, 6.45) is 2.74. The third kappa shape index (κ3) is 6.33. The summed E-state index contributed by atoms with van der Waals surface area (Å²) in [5, 5.41) is 0. The van der Waals surface area contributed by atoms with Gasteiger partial charge in [-0.15, -0.1) is 0 Å². The molecule has 86 valence electrons. The van der Waals surface area contributed by atoms with Gasteiger partial charge in [-0.3, -0.25) is 0 Å². The number of nitrogens with two attached hydrogens (primary N) is 1. The maximum absolute atomic E-state index is 14.2. The van der Waals surface area contributed by atoms with Gasteiger partial charge in [0.25, 0.3) is 0 Å². The van der Waals surface area contributed by atoms with Crippen molar-refractivity contribution in [1.29, 1.82) is 0 Å². The maximum atomic E-state index is 14.2. The highest BCUT2D eigenvalue weighted by atomic mass is 19.1. The predicted octanol–water partition coefficient (Wildman–Crippen LogP) is 2.52. The molecule has 0 aliphatic heterocycles. The molecular weight excluding hydrogens is 181 g/mol. The van der Waals surface area contributed by atoms with E-state index >= 15 is 0 Å². The van der Waals surface area contributed by atoms with Gasteiger partial charge in [-0.1, -0.05) is 13.8 Å². The minimum absolute atomic E-state index is 0.194. The summed E-state index contributed by atoms with van der Waals surface area (Å²) in [7, 11) is 1.55. The molecule has 0 spiro atoms. The van der Waals surface area contributed by atoms with E-state index in [2.05, 4.69) is 13.8 Å². The Morgan fingerprint density at radius 2 is 2.00 bits per heavy atom. The molecule has 2 nitrogen and oxygen atoms in total. The van der Waals surface area contributed by atoms with E-state index in [9.17, 15) is 4.39 Å². The molecule has 0 saturated heterocycles. The van der Waals surface area contributed by atoms with Crippen LogP contribution in [0.25, 0.3) is 0 Å². The van der Waals surface area contributed by atoms with Crippen LogP contribution < -0.4 is 5.73 Å². The third-order valence-electron chi connectivity index (χ3n) is 2.40. The summed E-state index contributed by atoms with van der Waals surface area (Å²) in [6, 6.07) is 0. The molecule has 1 atom stereocenters. The monoisotopic (exact) mass is 205 g/mol. The molecule has 0 aromatic rings. The van der Waals surface area contributed by atoms with E-state index in [4.69, 9.17) is 10.5 Å². The number of methoxy groups -OCH3 is 1. The molecule has 0 saturated carbocycles. The quantitative estimate of drug-likeness (QED) is 0.661. The SMILES string of the molecule is COCC(F)(CCCN)CCC(C)C. The third-order valence-corrected chi connectivity index (χ3v) is 2.40. The van der Waals surface area contributed by atoms with E-state index in [1.54, 1.807) is 7.11 Å². The highest BCUT2D eigenvalue weighted by Gasteiger charge is 2.28. The highest BCUT2D eigenvalue weighted by Crippen LogP contribution is 2.26. The molecule has 14 heavy (non-hydrogen) atoms. The van der Waals surface area contributed by atoms with Crippen molar-refractivity contribution in [3.63, 3.8) is 0 Å². The summed E-state index contributed by atoms with van der Waals surface area (Å²) in [4.78, 5) is 0. The number of hydrogen-bond donors (Lipinski definition) is 1. The Kier molecular flexibility index (Phi) is 7.11. The first kappa shape index (κ1) is 13.8. The summed E-state index contributed by atoms with van der Waals surface area (Å²) in [5.41, 5.74) is 4.21. The number of alkyl halides is 1. The molecule has 0 fully saturated rings. The van der Waals surface area contributed by atoms with Crippen LogP contribution >= 0.6 is 0 Å².